The van der Waals surface area contributed by atoms with Gasteiger partial charge < -0.3 is 10.1 Å². The van der Waals surface area contributed by atoms with Gasteiger partial charge in [-0.25, -0.2) is 4.79 Å². The van der Waals surface area contributed by atoms with Gasteiger partial charge in [0.1, 0.15) is 0 Å². The van der Waals surface area contributed by atoms with Crippen LogP contribution in [0, 0.1) is 3.57 Å². The van der Waals surface area contributed by atoms with Crippen molar-refractivity contribution in [1.82, 2.24) is 0 Å². The fourth-order valence-corrected chi connectivity index (χ4v) is 3.56. The Balaban J connectivity index is 1.67. The number of hydrogen-bond acceptors (Lipinski definition) is 5. The Bertz CT molecular complexity index is 985. The van der Waals surface area contributed by atoms with E-state index in [1.165, 1.54) is 17.4 Å². The molecule has 0 atom stereocenters. The van der Waals surface area contributed by atoms with E-state index < -0.39 is 18.5 Å². The normalized spacial score (nSPS) is 10.3. The Morgan fingerprint density at radius 1 is 0.926 bits per heavy atom. The van der Waals surface area contributed by atoms with Crippen molar-refractivity contribution in [2.45, 2.75) is 0 Å². The van der Waals surface area contributed by atoms with Crippen molar-refractivity contribution >= 4 is 57.3 Å². The fourth-order valence-electron chi connectivity index (χ4n) is 2.36. The zero-order valence-electron chi connectivity index (χ0n) is 14.0. The molecule has 1 amide bonds. The highest BCUT2D eigenvalue weighted by Crippen LogP contribution is 2.19. The van der Waals surface area contributed by atoms with Gasteiger partial charge in [-0.1, -0.05) is 36.4 Å². The van der Waals surface area contributed by atoms with Gasteiger partial charge in [0, 0.05) is 9.13 Å². The van der Waals surface area contributed by atoms with E-state index in [0.717, 1.165) is 3.57 Å². The average Bonchev–Trinajstić information content (AvgIpc) is 3.22. The second-order valence-electron chi connectivity index (χ2n) is 5.46. The van der Waals surface area contributed by atoms with Crippen LogP contribution >= 0.6 is 33.9 Å². The number of halogens is 1. The van der Waals surface area contributed by atoms with Crippen LogP contribution in [-0.4, -0.2) is 24.3 Å². The van der Waals surface area contributed by atoms with Gasteiger partial charge >= 0.3 is 5.97 Å². The average molecular weight is 491 g/mol. The van der Waals surface area contributed by atoms with E-state index in [4.69, 9.17) is 4.74 Å². The van der Waals surface area contributed by atoms with E-state index in [9.17, 15) is 14.4 Å². The molecule has 136 valence electrons. The Kier molecular flexibility index (Phi) is 6.36. The van der Waals surface area contributed by atoms with Crippen molar-refractivity contribution in [1.29, 1.82) is 0 Å². The number of rotatable bonds is 6. The molecule has 7 heteroatoms. The van der Waals surface area contributed by atoms with E-state index in [1.54, 1.807) is 47.8 Å². The molecule has 0 bridgehead atoms. The maximum Gasteiger partial charge on any atom is 0.339 e. The zero-order valence-corrected chi connectivity index (χ0v) is 17.0. The highest BCUT2D eigenvalue weighted by molar-refractivity contribution is 14.1. The molecule has 0 aliphatic rings. The lowest BCUT2D eigenvalue weighted by molar-refractivity contribution is -0.119. The number of carbonyl (C=O) groups excluding carboxylic acids is 3. The van der Waals surface area contributed by atoms with Crippen LogP contribution in [0.1, 0.15) is 25.6 Å². The molecule has 3 rings (SSSR count). The van der Waals surface area contributed by atoms with Gasteiger partial charge in [0.05, 0.1) is 16.1 Å². The van der Waals surface area contributed by atoms with Gasteiger partial charge in [-0.2, -0.15) is 0 Å². The van der Waals surface area contributed by atoms with Crippen molar-refractivity contribution in [2.75, 3.05) is 11.9 Å². The lowest BCUT2D eigenvalue weighted by Crippen LogP contribution is -2.22. The summed E-state index contributed by atoms with van der Waals surface area (Å²) in [5.41, 5.74) is 1.04. The van der Waals surface area contributed by atoms with E-state index in [2.05, 4.69) is 27.9 Å². The Morgan fingerprint density at radius 3 is 2.33 bits per heavy atom. The summed E-state index contributed by atoms with van der Waals surface area (Å²) in [5, 5.41) is 4.48. The van der Waals surface area contributed by atoms with Crippen molar-refractivity contribution in [3.8, 4) is 0 Å². The summed E-state index contributed by atoms with van der Waals surface area (Å²) in [7, 11) is 0. The number of hydrogen-bond donors (Lipinski definition) is 1. The number of carbonyl (C=O) groups is 3. The number of benzene rings is 2. The summed E-state index contributed by atoms with van der Waals surface area (Å²) >= 11 is 3.40. The Labute approximate surface area is 173 Å². The van der Waals surface area contributed by atoms with Crippen LogP contribution in [0.25, 0.3) is 0 Å². The number of ketones is 1. The largest absolute Gasteiger partial charge is 0.452 e. The van der Waals surface area contributed by atoms with Crippen molar-refractivity contribution in [2.24, 2.45) is 0 Å². The molecule has 1 aromatic heterocycles. The Morgan fingerprint density at radius 2 is 1.63 bits per heavy atom. The van der Waals surface area contributed by atoms with Crippen LogP contribution in [0.3, 0.4) is 0 Å². The second kappa shape index (κ2) is 8.92. The second-order valence-corrected chi connectivity index (χ2v) is 7.57. The van der Waals surface area contributed by atoms with Gasteiger partial charge in [-0.05, 0) is 52.2 Å². The zero-order chi connectivity index (χ0) is 19.2. The lowest BCUT2D eigenvalue weighted by Gasteiger charge is -2.10. The number of nitrogens with one attached hydrogen (secondary N) is 1. The number of esters is 1. The summed E-state index contributed by atoms with van der Waals surface area (Å²) in [6.07, 6.45) is 0. The predicted molar refractivity (Wildman–Crippen MR) is 112 cm³/mol. The number of anilines is 1. The first-order valence-electron chi connectivity index (χ1n) is 7.95. The van der Waals surface area contributed by atoms with E-state index in [0.29, 0.717) is 10.6 Å². The summed E-state index contributed by atoms with van der Waals surface area (Å²) in [6.45, 7) is -0.439. The molecule has 27 heavy (non-hydrogen) atoms. The molecule has 0 fully saturated rings. The Hall–Kier alpha value is -2.52. The lowest BCUT2D eigenvalue weighted by atomic mass is 10.0. The summed E-state index contributed by atoms with van der Waals surface area (Å²) in [4.78, 5) is 37.6. The monoisotopic (exact) mass is 491 g/mol. The van der Waals surface area contributed by atoms with Gasteiger partial charge in [0.15, 0.2) is 6.61 Å². The molecule has 3 aromatic rings. The summed E-state index contributed by atoms with van der Waals surface area (Å²) < 4.78 is 5.98. The molecule has 5 nitrogen and oxygen atoms in total. The maximum absolute atomic E-state index is 12.6. The maximum atomic E-state index is 12.6. The number of para-hydroxylation sites is 1. The molecule has 1 heterocycles. The smallest absolute Gasteiger partial charge is 0.339 e. The molecule has 0 aliphatic carbocycles. The highest BCUT2D eigenvalue weighted by atomic mass is 127. The molecular weight excluding hydrogens is 477 g/mol. The molecule has 0 spiro atoms. The van der Waals surface area contributed by atoms with Gasteiger partial charge in [-0.15, -0.1) is 11.3 Å². The molecule has 0 aliphatic heterocycles. The fraction of sp³-hybridized carbons (Fsp3) is 0.0500. The third-order valence-corrected chi connectivity index (χ3v) is 5.43. The van der Waals surface area contributed by atoms with E-state index in [1.807, 2.05) is 12.1 Å². The first kappa shape index (κ1) is 19.2. The van der Waals surface area contributed by atoms with Crippen LogP contribution in [0.15, 0.2) is 66.0 Å². The van der Waals surface area contributed by atoms with Crippen molar-refractivity contribution in [3.05, 3.63) is 85.6 Å². The predicted octanol–water partition coefficient (Wildman–Crippen LogP) is 4.38. The molecular formula is C20H14INO4S. The first-order chi connectivity index (χ1) is 13.1. The molecule has 0 unspecified atom stereocenters. The van der Waals surface area contributed by atoms with Crippen LogP contribution in [0.5, 0.6) is 0 Å². The van der Waals surface area contributed by atoms with E-state index >= 15 is 0 Å². The van der Waals surface area contributed by atoms with Crippen LogP contribution in [0.2, 0.25) is 0 Å². The molecule has 0 radical (unpaired) electrons. The third-order valence-electron chi connectivity index (χ3n) is 3.62. The molecule has 0 saturated carbocycles. The minimum Gasteiger partial charge on any atom is -0.452 e. The number of ether oxygens (including phenoxy) is 1. The topological polar surface area (TPSA) is 72.5 Å². The van der Waals surface area contributed by atoms with Crippen LogP contribution < -0.4 is 5.32 Å². The summed E-state index contributed by atoms with van der Waals surface area (Å²) in [5.74, 6) is -1.41. The van der Waals surface area contributed by atoms with Crippen LogP contribution in [0.4, 0.5) is 5.69 Å². The standard InChI is InChI=1S/C20H14INO4S/c21-15-8-3-4-9-16(15)22-18(23)12-26-20(25)14-7-2-1-6-13(14)19(24)17-10-5-11-27-17/h1-11H,12H2,(H,22,23). The third kappa shape index (κ3) is 4.81. The van der Waals surface area contributed by atoms with E-state index in [-0.39, 0.29) is 16.9 Å². The van der Waals surface area contributed by atoms with Crippen LogP contribution in [-0.2, 0) is 9.53 Å². The number of thiophene rings is 1. The number of amides is 1. The van der Waals surface area contributed by atoms with Gasteiger partial charge in [0.2, 0.25) is 5.78 Å². The first-order valence-corrected chi connectivity index (χ1v) is 9.91. The van der Waals surface area contributed by atoms with Gasteiger partial charge in [0.25, 0.3) is 5.91 Å². The summed E-state index contributed by atoms with van der Waals surface area (Å²) in [6, 6.07) is 17.2. The SMILES string of the molecule is O=C(COC(=O)c1ccccc1C(=O)c1cccs1)Nc1ccccc1I. The minimum absolute atomic E-state index is 0.137. The highest BCUT2D eigenvalue weighted by Gasteiger charge is 2.20. The van der Waals surface area contributed by atoms with Crippen molar-refractivity contribution in [3.63, 3.8) is 0 Å². The van der Waals surface area contributed by atoms with Gasteiger partial charge in [-0.3, -0.25) is 9.59 Å². The molecule has 1 N–H and O–H groups in total. The molecule has 2 aromatic carbocycles. The molecule has 0 saturated heterocycles. The minimum atomic E-state index is -0.714. The quantitative estimate of drug-likeness (QED) is 0.316. The van der Waals surface area contributed by atoms with Crippen molar-refractivity contribution < 1.29 is 19.1 Å².